The van der Waals surface area contributed by atoms with Crippen LogP contribution in [0.4, 0.5) is 13.2 Å². The van der Waals surface area contributed by atoms with E-state index in [4.69, 9.17) is 5.11 Å². The molecule has 1 amide bonds. The van der Waals surface area contributed by atoms with Crippen LogP contribution in [0.3, 0.4) is 0 Å². The van der Waals surface area contributed by atoms with Gasteiger partial charge in [0.2, 0.25) is 5.54 Å². The van der Waals surface area contributed by atoms with Gasteiger partial charge in [-0.25, -0.2) is 4.79 Å². The number of hydrogen-bond acceptors (Lipinski definition) is 3. The van der Waals surface area contributed by atoms with Gasteiger partial charge in [0.1, 0.15) is 5.75 Å². The fourth-order valence-corrected chi connectivity index (χ4v) is 1.37. The summed E-state index contributed by atoms with van der Waals surface area (Å²) in [6, 6.07) is 3.69. The minimum atomic E-state index is -5.19. The maximum atomic E-state index is 12.7. The summed E-state index contributed by atoms with van der Waals surface area (Å²) >= 11 is 0. The fraction of sp³-hybridized carbons (Fsp3) is 0.333. The quantitative estimate of drug-likeness (QED) is 0.793. The molecule has 3 N–H and O–H groups in total. The standard InChI is InChI=1S/C12H12F3NO4/c1-6-3-4-7(8(17)5-6)9(18)16-11(2,10(19)20)12(13,14)15/h3-5,17H,1-2H3,(H,16,18)(H,19,20). The van der Waals surface area contributed by atoms with Crippen LogP contribution in [0.15, 0.2) is 18.2 Å². The number of aliphatic carboxylic acids is 1. The molecule has 1 atom stereocenters. The summed E-state index contributed by atoms with van der Waals surface area (Å²) in [7, 11) is 0. The number of rotatable bonds is 3. The van der Waals surface area contributed by atoms with E-state index >= 15 is 0 Å². The Morgan fingerprint density at radius 3 is 2.20 bits per heavy atom. The van der Waals surface area contributed by atoms with Crippen molar-refractivity contribution in [2.75, 3.05) is 0 Å². The van der Waals surface area contributed by atoms with Crippen LogP contribution in [-0.2, 0) is 4.79 Å². The zero-order valence-corrected chi connectivity index (χ0v) is 10.6. The molecule has 0 saturated heterocycles. The normalized spacial score (nSPS) is 14.4. The zero-order valence-electron chi connectivity index (χ0n) is 10.6. The van der Waals surface area contributed by atoms with Crippen LogP contribution in [0.1, 0.15) is 22.8 Å². The molecule has 0 spiro atoms. The van der Waals surface area contributed by atoms with E-state index in [1.807, 2.05) is 0 Å². The molecule has 1 aromatic rings. The Morgan fingerprint density at radius 1 is 1.25 bits per heavy atom. The van der Waals surface area contributed by atoms with Crippen LogP contribution < -0.4 is 5.32 Å². The molecule has 1 rings (SSSR count). The Labute approximate surface area is 112 Å². The summed E-state index contributed by atoms with van der Waals surface area (Å²) in [5.41, 5.74) is -3.29. The molecule has 0 radical (unpaired) electrons. The van der Waals surface area contributed by atoms with E-state index in [-0.39, 0.29) is 0 Å². The molecule has 0 bridgehead atoms. The minimum absolute atomic E-state index is 0.332. The average molecular weight is 291 g/mol. The summed E-state index contributed by atoms with van der Waals surface area (Å²) < 4.78 is 38.2. The second-order valence-electron chi connectivity index (χ2n) is 4.40. The Morgan fingerprint density at radius 2 is 1.80 bits per heavy atom. The Hall–Kier alpha value is -2.25. The van der Waals surface area contributed by atoms with Gasteiger partial charge in [-0.15, -0.1) is 0 Å². The maximum Gasteiger partial charge on any atom is 0.422 e. The number of hydrogen-bond donors (Lipinski definition) is 3. The number of phenols is 1. The van der Waals surface area contributed by atoms with Gasteiger partial charge in [0, 0.05) is 0 Å². The number of carboxylic acids is 1. The molecule has 110 valence electrons. The van der Waals surface area contributed by atoms with Crippen molar-refractivity contribution < 1.29 is 33.0 Å². The smallest absolute Gasteiger partial charge is 0.422 e. The van der Waals surface area contributed by atoms with Crippen molar-refractivity contribution in [3.63, 3.8) is 0 Å². The van der Waals surface area contributed by atoms with Gasteiger partial charge in [0.25, 0.3) is 5.91 Å². The van der Waals surface area contributed by atoms with E-state index in [2.05, 4.69) is 0 Å². The lowest BCUT2D eigenvalue weighted by Crippen LogP contribution is -2.61. The lowest BCUT2D eigenvalue weighted by atomic mass is 10.0. The molecule has 1 unspecified atom stereocenters. The Balaban J connectivity index is 3.13. The number of carbonyl (C=O) groups is 2. The van der Waals surface area contributed by atoms with Crippen molar-refractivity contribution in [3.05, 3.63) is 29.3 Å². The van der Waals surface area contributed by atoms with E-state index in [1.165, 1.54) is 17.4 Å². The molecule has 0 aliphatic heterocycles. The third-order valence-electron chi connectivity index (χ3n) is 2.76. The topological polar surface area (TPSA) is 86.6 Å². The molecule has 1 aromatic carbocycles. The van der Waals surface area contributed by atoms with Gasteiger partial charge < -0.3 is 15.5 Å². The largest absolute Gasteiger partial charge is 0.507 e. The first-order valence-electron chi connectivity index (χ1n) is 5.41. The number of aryl methyl sites for hydroxylation is 1. The number of aromatic hydroxyl groups is 1. The van der Waals surface area contributed by atoms with Crippen LogP contribution in [0.2, 0.25) is 0 Å². The van der Waals surface area contributed by atoms with Crippen LogP contribution in [0.25, 0.3) is 0 Å². The summed E-state index contributed by atoms with van der Waals surface area (Å²) in [6.07, 6.45) is -5.19. The molecule has 0 aliphatic carbocycles. The zero-order chi connectivity index (χ0) is 15.7. The molecule has 0 aromatic heterocycles. The Bertz CT molecular complexity index is 556. The van der Waals surface area contributed by atoms with Crippen LogP contribution in [0, 0.1) is 6.92 Å². The van der Waals surface area contributed by atoms with Crippen molar-refractivity contribution in [2.45, 2.75) is 25.6 Å². The number of halogens is 3. The highest BCUT2D eigenvalue weighted by atomic mass is 19.4. The number of carbonyl (C=O) groups excluding carboxylic acids is 1. The molecule has 5 nitrogen and oxygen atoms in total. The monoisotopic (exact) mass is 291 g/mol. The molecule has 0 fully saturated rings. The van der Waals surface area contributed by atoms with E-state index in [9.17, 15) is 27.9 Å². The summed E-state index contributed by atoms with van der Waals surface area (Å²) in [6.45, 7) is 1.94. The van der Waals surface area contributed by atoms with Gasteiger partial charge in [0.05, 0.1) is 5.56 Å². The maximum absolute atomic E-state index is 12.7. The van der Waals surface area contributed by atoms with Crippen molar-refractivity contribution in [2.24, 2.45) is 0 Å². The minimum Gasteiger partial charge on any atom is -0.507 e. The number of amides is 1. The van der Waals surface area contributed by atoms with Gasteiger partial charge in [-0.3, -0.25) is 4.79 Å². The Kier molecular flexibility index (Phi) is 3.97. The number of alkyl halides is 3. The summed E-state index contributed by atoms with van der Waals surface area (Å²) in [4.78, 5) is 22.5. The molecule has 0 saturated carbocycles. The lowest BCUT2D eigenvalue weighted by Gasteiger charge is -2.28. The van der Waals surface area contributed by atoms with Gasteiger partial charge in [-0.1, -0.05) is 6.07 Å². The highest BCUT2D eigenvalue weighted by Gasteiger charge is 2.58. The summed E-state index contributed by atoms with van der Waals surface area (Å²) in [5, 5.41) is 19.6. The van der Waals surface area contributed by atoms with Crippen LogP contribution in [-0.4, -0.2) is 33.8 Å². The number of benzene rings is 1. The third-order valence-corrected chi connectivity index (χ3v) is 2.76. The van der Waals surface area contributed by atoms with E-state index in [0.29, 0.717) is 12.5 Å². The first-order valence-corrected chi connectivity index (χ1v) is 5.41. The highest BCUT2D eigenvalue weighted by Crippen LogP contribution is 2.31. The van der Waals surface area contributed by atoms with Crippen molar-refractivity contribution in [1.82, 2.24) is 5.32 Å². The lowest BCUT2D eigenvalue weighted by molar-refractivity contribution is -0.203. The molecule has 0 heterocycles. The van der Waals surface area contributed by atoms with Gasteiger partial charge in [-0.05, 0) is 31.5 Å². The van der Waals surface area contributed by atoms with Gasteiger partial charge in [-0.2, -0.15) is 13.2 Å². The number of nitrogens with one attached hydrogen (secondary N) is 1. The number of carboxylic acid groups (broad SMARTS) is 1. The molecule has 8 heteroatoms. The van der Waals surface area contributed by atoms with Gasteiger partial charge in [0.15, 0.2) is 0 Å². The van der Waals surface area contributed by atoms with Crippen LogP contribution in [0.5, 0.6) is 5.75 Å². The second kappa shape index (κ2) is 5.03. The summed E-state index contributed by atoms with van der Waals surface area (Å²) in [5.74, 6) is -4.10. The highest BCUT2D eigenvalue weighted by molar-refractivity contribution is 6.00. The third kappa shape index (κ3) is 2.84. The molecule has 0 aliphatic rings. The molecular weight excluding hydrogens is 279 g/mol. The van der Waals surface area contributed by atoms with Crippen LogP contribution >= 0.6 is 0 Å². The fourth-order valence-electron chi connectivity index (χ4n) is 1.37. The predicted molar refractivity (Wildman–Crippen MR) is 62.4 cm³/mol. The molecular formula is C12H12F3NO4. The van der Waals surface area contributed by atoms with E-state index < -0.39 is 34.9 Å². The average Bonchev–Trinajstić information content (AvgIpc) is 2.26. The second-order valence-corrected chi connectivity index (χ2v) is 4.40. The van der Waals surface area contributed by atoms with Gasteiger partial charge >= 0.3 is 12.1 Å². The van der Waals surface area contributed by atoms with Crippen molar-refractivity contribution in [3.8, 4) is 5.75 Å². The van der Waals surface area contributed by atoms with Crippen molar-refractivity contribution >= 4 is 11.9 Å². The van der Waals surface area contributed by atoms with E-state index in [0.717, 1.165) is 6.07 Å². The van der Waals surface area contributed by atoms with Crippen molar-refractivity contribution in [1.29, 1.82) is 0 Å². The first-order chi connectivity index (χ1) is 8.99. The number of phenolic OH excluding ortho intramolecular Hbond substituents is 1. The molecule has 20 heavy (non-hydrogen) atoms. The SMILES string of the molecule is Cc1ccc(C(=O)NC(C)(C(=O)O)C(F)(F)F)c(O)c1. The predicted octanol–water partition coefficient (Wildman–Crippen LogP) is 1.84. The van der Waals surface area contributed by atoms with E-state index in [1.54, 1.807) is 6.92 Å². The first kappa shape index (κ1) is 15.8.